The zero-order valence-corrected chi connectivity index (χ0v) is 17.1. The van der Waals surface area contributed by atoms with Gasteiger partial charge in [-0.15, -0.1) is 0 Å². The van der Waals surface area contributed by atoms with Crippen molar-refractivity contribution in [3.05, 3.63) is 75.6 Å². The maximum atomic E-state index is 14.1. The van der Waals surface area contributed by atoms with Crippen molar-refractivity contribution >= 4 is 10.9 Å². The fourth-order valence-corrected chi connectivity index (χ4v) is 4.21. The predicted octanol–water partition coefficient (Wildman–Crippen LogP) is 4.25. The minimum absolute atomic E-state index is 0.0136. The number of hydrogen-bond acceptors (Lipinski definition) is 3. The summed E-state index contributed by atoms with van der Waals surface area (Å²) >= 11 is 0. The van der Waals surface area contributed by atoms with Gasteiger partial charge in [-0.25, -0.2) is 9.37 Å². The van der Waals surface area contributed by atoms with Crippen molar-refractivity contribution in [2.45, 2.75) is 45.6 Å². The lowest BCUT2D eigenvalue weighted by Gasteiger charge is -2.25. The van der Waals surface area contributed by atoms with Crippen LogP contribution in [0.15, 0.2) is 47.3 Å². The smallest absolute Gasteiger partial charge is 0.261 e. The minimum Gasteiger partial charge on any atom is -0.316 e. The van der Waals surface area contributed by atoms with Crippen molar-refractivity contribution in [2.75, 3.05) is 13.1 Å². The molecular weight excluding hydrogens is 365 g/mol. The fourth-order valence-electron chi connectivity index (χ4n) is 4.21. The number of halogens is 1. The molecule has 0 unspecified atom stereocenters. The van der Waals surface area contributed by atoms with Crippen LogP contribution in [0.4, 0.5) is 4.39 Å². The van der Waals surface area contributed by atoms with Crippen LogP contribution in [0.2, 0.25) is 0 Å². The van der Waals surface area contributed by atoms with Crippen LogP contribution in [0.25, 0.3) is 10.9 Å². The van der Waals surface area contributed by atoms with Crippen LogP contribution in [0.5, 0.6) is 0 Å². The van der Waals surface area contributed by atoms with E-state index in [4.69, 9.17) is 4.98 Å². The molecule has 2 heterocycles. The molecule has 0 saturated carbocycles. The Balaban J connectivity index is 1.75. The van der Waals surface area contributed by atoms with Crippen LogP contribution in [0.1, 0.15) is 49.6 Å². The Labute approximate surface area is 170 Å². The molecule has 1 aromatic heterocycles. The summed E-state index contributed by atoms with van der Waals surface area (Å²) in [6, 6.07) is 12.5. The summed E-state index contributed by atoms with van der Waals surface area (Å²) in [6.45, 7) is 6.85. The Hall–Kier alpha value is -2.53. The highest BCUT2D eigenvalue weighted by Crippen LogP contribution is 2.21. The van der Waals surface area contributed by atoms with E-state index in [1.807, 2.05) is 28.8 Å². The monoisotopic (exact) mass is 393 g/mol. The van der Waals surface area contributed by atoms with E-state index in [1.165, 1.54) is 6.07 Å². The highest BCUT2D eigenvalue weighted by Gasteiger charge is 2.19. The highest BCUT2D eigenvalue weighted by molar-refractivity contribution is 5.78. The van der Waals surface area contributed by atoms with Gasteiger partial charge in [0, 0.05) is 18.9 Å². The number of fused-ring (bicyclic) bond motifs is 1. The summed E-state index contributed by atoms with van der Waals surface area (Å²) in [5.74, 6) is 1.24. The lowest BCUT2D eigenvalue weighted by molar-refractivity contribution is 0.327. The molecule has 0 spiro atoms. The third-order valence-corrected chi connectivity index (χ3v) is 5.76. The molecule has 1 N–H and O–H groups in total. The summed E-state index contributed by atoms with van der Waals surface area (Å²) in [5.41, 5.74) is 2.28. The van der Waals surface area contributed by atoms with Crippen LogP contribution in [0.3, 0.4) is 0 Å². The van der Waals surface area contributed by atoms with E-state index in [2.05, 4.69) is 19.2 Å². The summed E-state index contributed by atoms with van der Waals surface area (Å²) in [5, 5.41) is 4.05. The Morgan fingerprint density at radius 1 is 1.24 bits per heavy atom. The van der Waals surface area contributed by atoms with Crippen molar-refractivity contribution in [1.29, 1.82) is 0 Å². The average molecular weight is 394 g/mol. The number of nitrogens with zero attached hydrogens (tertiary/aromatic N) is 2. The zero-order chi connectivity index (χ0) is 20.4. The van der Waals surface area contributed by atoms with Gasteiger partial charge in [0.25, 0.3) is 5.56 Å². The topological polar surface area (TPSA) is 46.9 Å². The Morgan fingerprint density at radius 2 is 2.07 bits per heavy atom. The SMILES string of the molecule is CC(C)c1nc2ccc(Cc3ccccc3F)cc2c(=O)n1C[C@H]1CCCNC1. The van der Waals surface area contributed by atoms with E-state index in [1.54, 1.807) is 12.1 Å². The largest absolute Gasteiger partial charge is 0.316 e. The molecule has 4 nitrogen and oxygen atoms in total. The Kier molecular flexibility index (Phi) is 5.76. The lowest BCUT2D eigenvalue weighted by Crippen LogP contribution is -2.36. The van der Waals surface area contributed by atoms with Gasteiger partial charge in [-0.1, -0.05) is 38.1 Å². The van der Waals surface area contributed by atoms with Crippen molar-refractivity contribution in [3.63, 3.8) is 0 Å². The lowest BCUT2D eigenvalue weighted by atomic mass is 9.99. The zero-order valence-electron chi connectivity index (χ0n) is 17.1. The number of rotatable bonds is 5. The molecule has 152 valence electrons. The van der Waals surface area contributed by atoms with Crippen LogP contribution in [-0.2, 0) is 13.0 Å². The van der Waals surface area contributed by atoms with Crippen molar-refractivity contribution in [1.82, 2.24) is 14.9 Å². The molecule has 2 aromatic carbocycles. The first-order valence-corrected chi connectivity index (χ1v) is 10.5. The van der Waals surface area contributed by atoms with E-state index >= 15 is 0 Å². The molecule has 3 aromatic rings. The molecule has 4 rings (SSSR count). The van der Waals surface area contributed by atoms with Crippen LogP contribution >= 0.6 is 0 Å². The van der Waals surface area contributed by atoms with Gasteiger partial charge in [0.05, 0.1) is 10.9 Å². The van der Waals surface area contributed by atoms with Gasteiger partial charge < -0.3 is 5.32 Å². The molecular formula is C24H28FN3O. The third-order valence-electron chi connectivity index (χ3n) is 5.76. The average Bonchev–Trinajstić information content (AvgIpc) is 2.72. The second kappa shape index (κ2) is 8.46. The van der Waals surface area contributed by atoms with Crippen molar-refractivity contribution < 1.29 is 4.39 Å². The normalized spacial score (nSPS) is 17.2. The summed E-state index contributed by atoms with van der Waals surface area (Å²) < 4.78 is 15.9. The first-order valence-electron chi connectivity index (χ1n) is 10.5. The summed E-state index contributed by atoms with van der Waals surface area (Å²) in [4.78, 5) is 18.3. The van der Waals surface area contributed by atoms with E-state index in [0.717, 1.165) is 37.3 Å². The number of nitrogens with one attached hydrogen (secondary N) is 1. The first-order chi connectivity index (χ1) is 14.0. The number of piperidine rings is 1. The number of benzene rings is 2. The third kappa shape index (κ3) is 4.25. The van der Waals surface area contributed by atoms with E-state index in [9.17, 15) is 9.18 Å². The second-order valence-electron chi connectivity index (χ2n) is 8.37. The number of hydrogen-bond donors (Lipinski definition) is 1. The molecule has 0 radical (unpaired) electrons. The quantitative estimate of drug-likeness (QED) is 0.705. The maximum Gasteiger partial charge on any atom is 0.261 e. The predicted molar refractivity (Wildman–Crippen MR) is 115 cm³/mol. The standard InChI is InChI=1S/C24H28FN3O/c1-16(2)23-27-22-10-9-17(12-19-7-3-4-8-21(19)25)13-20(22)24(29)28(23)15-18-6-5-11-26-14-18/h3-4,7-10,13,16,18,26H,5-6,11-12,14-15H2,1-2H3/t18-/m0/s1. The molecule has 1 atom stereocenters. The molecule has 1 fully saturated rings. The molecule has 0 aliphatic carbocycles. The van der Waals surface area contributed by atoms with Gasteiger partial charge in [0.1, 0.15) is 11.6 Å². The van der Waals surface area contributed by atoms with E-state index in [-0.39, 0.29) is 17.3 Å². The van der Waals surface area contributed by atoms with Gasteiger partial charge in [0.2, 0.25) is 0 Å². The molecule has 1 saturated heterocycles. The van der Waals surface area contributed by atoms with Gasteiger partial charge in [0.15, 0.2) is 0 Å². The molecule has 29 heavy (non-hydrogen) atoms. The minimum atomic E-state index is -0.219. The van der Waals surface area contributed by atoms with Crippen molar-refractivity contribution in [3.8, 4) is 0 Å². The highest BCUT2D eigenvalue weighted by atomic mass is 19.1. The van der Waals surface area contributed by atoms with Crippen LogP contribution < -0.4 is 10.9 Å². The molecule has 1 aliphatic heterocycles. The second-order valence-corrected chi connectivity index (χ2v) is 8.37. The molecule has 1 aliphatic rings. The van der Waals surface area contributed by atoms with E-state index < -0.39 is 0 Å². The van der Waals surface area contributed by atoms with Crippen LogP contribution in [-0.4, -0.2) is 22.6 Å². The van der Waals surface area contributed by atoms with Gasteiger partial charge in [-0.2, -0.15) is 0 Å². The Morgan fingerprint density at radius 3 is 2.79 bits per heavy atom. The van der Waals surface area contributed by atoms with E-state index in [0.29, 0.717) is 35.3 Å². The molecule has 0 amide bonds. The van der Waals surface area contributed by atoms with Gasteiger partial charge in [-0.3, -0.25) is 9.36 Å². The molecule has 5 heteroatoms. The summed E-state index contributed by atoms with van der Waals surface area (Å²) in [6.07, 6.45) is 2.73. The van der Waals surface area contributed by atoms with Gasteiger partial charge in [-0.05, 0) is 61.2 Å². The Bertz CT molecular complexity index is 1070. The van der Waals surface area contributed by atoms with Crippen molar-refractivity contribution in [2.24, 2.45) is 5.92 Å². The molecule has 0 bridgehead atoms. The summed E-state index contributed by atoms with van der Waals surface area (Å²) in [7, 11) is 0. The maximum absolute atomic E-state index is 14.1. The first kappa shape index (κ1) is 19.8. The number of aromatic nitrogens is 2. The fraction of sp³-hybridized carbons (Fsp3) is 0.417. The van der Waals surface area contributed by atoms with Crippen LogP contribution in [0, 0.1) is 11.7 Å². The van der Waals surface area contributed by atoms with Gasteiger partial charge >= 0.3 is 0 Å².